The lowest BCUT2D eigenvalue weighted by Gasteiger charge is -2.21. The van der Waals surface area contributed by atoms with Crippen molar-refractivity contribution in [1.82, 2.24) is 0 Å². The molecule has 0 N–H and O–H groups in total. The van der Waals surface area contributed by atoms with Crippen LogP contribution in [0, 0.1) is 0 Å². The van der Waals surface area contributed by atoms with Gasteiger partial charge in [-0.3, -0.25) is 4.18 Å². The van der Waals surface area contributed by atoms with Crippen molar-refractivity contribution in [3.8, 4) is 5.75 Å². The highest BCUT2D eigenvalue weighted by Gasteiger charge is 2.40. The lowest BCUT2D eigenvalue weighted by Crippen LogP contribution is -2.26. The largest absolute Gasteiger partial charge is 0.490 e. The van der Waals surface area contributed by atoms with Gasteiger partial charge in [-0.2, -0.15) is 13.2 Å². The molecule has 1 aliphatic heterocycles. The second-order valence-electron chi connectivity index (χ2n) is 6.21. The Kier molecular flexibility index (Phi) is 7.38. The Bertz CT molecular complexity index is 1130. The number of hydrogen-bond acceptors (Lipinski definition) is 7. The third-order valence-corrected chi connectivity index (χ3v) is 9.02. The van der Waals surface area contributed by atoms with Crippen molar-refractivity contribution in [2.45, 2.75) is 10.4 Å². The van der Waals surface area contributed by atoms with Crippen LogP contribution >= 0.6 is 0 Å². The van der Waals surface area contributed by atoms with E-state index in [0.717, 1.165) is 22.3 Å². The Morgan fingerprint density at radius 3 is 2.26 bits per heavy atom. The van der Waals surface area contributed by atoms with E-state index in [1.807, 2.05) is 30.3 Å². The first-order chi connectivity index (χ1) is 14.5. The third-order valence-electron chi connectivity index (χ3n) is 4.16. The van der Waals surface area contributed by atoms with E-state index < -0.39 is 32.4 Å². The van der Waals surface area contributed by atoms with E-state index in [4.69, 9.17) is 9.47 Å². The molecule has 1 heterocycles. The molecular weight excluding hydrogens is 483 g/mol. The molecule has 1 aliphatic rings. The zero-order valence-corrected chi connectivity index (χ0v) is 18.3. The minimum absolute atomic E-state index is 0.0270. The Morgan fingerprint density at radius 2 is 1.61 bits per heavy atom. The fraction of sp³-hybridized carbons (Fsp3) is 0.412. The van der Waals surface area contributed by atoms with Crippen molar-refractivity contribution in [1.29, 1.82) is 0 Å². The van der Waals surface area contributed by atoms with Crippen LogP contribution in [0.3, 0.4) is 0 Å². The van der Waals surface area contributed by atoms with Gasteiger partial charge in [0.05, 0.1) is 19.8 Å². The summed E-state index contributed by atoms with van der Waals surface area (Å²) < 4.78 is 98.2. The third kappa shape index (κ3) is 6.02. The average Bonchev–Trinajstić information content (AvgIpc) is 2.70. The van der Waals surface area contributed by atoms with Crippen LogP contribution in [0.5, 0.6) is 5.75 Å². The molecule has 172 valence electrons. The van der Waals surface area contributed by atoms with Crippen LogP contribution in [0.2, 0.25) is 0 Å². The van der Waals surface area contributed by atoms with Crippen LogP contribution in [0.25, 0.3) is 14.9 Å². The van der Waals surface area contributed by atoms with E-state index in [1.165, 1.54) is 4.90 Å². The summed E-state index contributed by atoms with van der Waals surface area (Å²) in [7, 11) is -11.5. The van der Waals surface area contributed by atoms with Crippen LogP contribution in [-0.4, -0.2) is 60.3 Å². The van der Waals surface area contributed by atoms with E-state index in [9.17, 15) is 30.0 Å². The van der Waals surface area contributed by atoms with Crippen LogP contribution in [0.15, 0.2) is 41.3 Å². The smallest absolute Gasteiger partial charge is 0.480 e. The summed E-state index contributed by atoms with van der Waals surface area (Å²) in [6, 6.07) is 11.1. The summed E-state index contributed by atoms with van der Waals surface area (Å²) >= 11 is 0. The topological polar surface area (TPSA) is 110 Å². The number of ether oxygens (including phenoxy) is 2. The fourth-order valence-electron chi connectivity index (χ4n) is 2.84. The zero-order chi connectivity index (χ0) is 22.7. The lowest BCUT2D eigenvalue weighted by atomic mass is 10.1. The zero-order valence-electron chi connectivity index (χ0n) is 15.9. The number of hydrogen-bond donors (Lipinski definition) is 0. The average molecular weight is 502 g/mol. The number of halogens is 3. The van der Waals surface area contributed by atoms with Gasteiger partial charge in [0.15, 0.2) is 14.9 Å². The summed E-state index contributed by atoms with van der Waals surface area (Å²) in [4.78, 5) is 1.17. The van der Waals surface area contributed by atoms with Gasteiger partial charge in [-0.1, -0.05) is 18.2 Å². The number of sulfonamides is 1. The number of rotatable bonds is 8. The Hall–Kier alpha value is -1.58. The van der Waals surface area contributed by atoms with E-state index >= 15 is 0 Å². The monoisotopic (exact) mass is 501 g/mol. The predicted octanol–water partition coefficient (Wildman–Crippen LogP) is 2.71. The van der Waals surface area contributed by atoms with E-state index in [-0.39, 0.29) is 17.5 Å². The molecule has 0 unspecified atom stereocenters. The summed E-state index contributed by atoms with van der Waals surface area (Å²) in [5, 5.41) is 1.76. The summed E-state index contributed by atoms with van der Waals surface area (Å²) in [6.07, 6.45) is 0. The molecule has 0 aliphatic carbocycles. The van der Waals surface area contributed by atoms with E-state index in [1.54, 1.807) is 10.2 Å². The van der Waals surface area contributed by atoms with Gasteiger partial charge in [0.2, 0.25) is 10.3 Å². The predicted molar refractivity (Wildman–Crippen MR) is 109 cm³/mol. The molecule has 0 saturated carbocycles. The Labute approximate surface area is 180 Å². The molecule has 14 heteroatoms. The Morgan fingerprint density at radius 1 is 0.968 bits per heavy atom. The molecule has 0 spiro atoms. The van der Waals surface area contributed by atoms with Gasteiger partial charge >= 0.3 is 5.51 Å². The number of nitrogens with zero attached hydrogens (tertiary/aromatic N) is 1. The first kappa shape index (κ1) is 24.1. The highest BCUT2D eigenvalue weighted by molar-refractivity contribution is 8.10. The van der Waals surface area contributed by atoms with Gasteiger partial charge < -0.3 is 13.6 Å². The van der Waals surface area contributed by atoms with Crippen LogP contribution in [0.4, 0.5) is 13.2 Å². The molecule has 2 aromatic rings. The fourth-order valence-corrected chi connectivity index (χ4v) is 6.62. The molecule has 1 fully saturated rings. The highest BCUT2D eigenvalue weighted by Crippen LogP contribution is 2.33. The van der Waals surface area contributed by atoms with Gasteiger partial charge in [-0.25, -0.2) is 16.8 Å². The molecule has 3 rings (SSSR count). The van der Waals surface area contributed by atoms with Crippen molar-refractivity contribution < 1.29 is 43.7 Å². The van der Waals surface area contributed by atoms with Crippen LogP contribution in [0.1, 0.15) is 0 Å². The molecular formula is C17H18F3NO7S3. The van der Waals surface area contributed by atoms with Crippen molar-refractivity contribution in [3.63, 3.8) is 0 Å². The van der Waals surface area contributed by atoms with Gasteiger partial charge in [0.25, 0.3) is 0 Å². The van der Waals surface area contributed by atoms with E-state index in [2.05, 4.69) is 4.18 Å². The molecule has 1 saturated heterocycles. The van der Waals surface area contributed by atoms with Gasteiger partial charge in [0, 0.05) is 21.7 Å². The maximum absolute atomic E-state index is 12.3. The minimum Gasteiger partial charge on any atom is -0.490 e. The second kappa shape index (κ2) is 9.50. The molecule has 8 nitrogen and oxygen atoms in total. The SMILES string of the molecule is O=S(=O)([N-]S(=O)(=O)C(F)(F)F)OCCOc1ccc([S+]2CCOCC2)c2ccccc12. The Balaban J connectivity index is 1.65. The summed E-state index contributed by atoms with van der Waals surface area (Å²) in [5.41, 5.74) is -5.84. The molecule has 0 bridgehead atoms. The van der Waals surface area contributed by atoms with Gasteiger partial charge in [-0.15, -0.1) is 0 Å². The maximum atomic E-state index is 12.3. The number of alkyl halides is 3. The molecule has 31 heavy (non-hydrogen) atoms. The molecule has 0 atom stereocenters. The van der Waals surface area contributed by atoms with Gasteiger partial charge in [-0.05, 0) is 18.2 Å². The van der Waals surface area contributed by atoms with Crippen molar-refractivity contribution in [2.24, 2.45) is 0 Å². The van der Waals surface area contributed by atoms with Crippen molar-refractivity contribution in [2.75, 3.05) is 37.9 Å². The molecule has 2 aromatic carbocycles. The van der Waals surface area contributed by atoms with Crippen LogP contribution in [-0.2, 0) is 40.1 Å². The first-order valence-electron chi connectivity index (χ1n) is 8.85. The maximum Gasteiger partial charge on any atom is 0.480 e. The highest BCUT2D eigenvalue weighted by atomic mass is 32.3. The molecule has 0 aromatic heterocycles. The second-order valence-corrected chi connectivity index (χ2v) is 11.6. The lowest BCUT2D eigenvalue weighted by molar-refractivity contribution is -0.0425. The number of fused-ring (bicyclic) bond motifs is 1. The number of benzene rings is 2. The normalized spacial score (nSPS) is 16.5. The van der Waals surface area contributed by atoms with Crippen LogP contribution < -0.4 is 4.74 Å². The summed E-state index contributed by atoms with van der Waals surface area (Å²) in [5.74, 6) is 2.26. The van der Waals surface area contributed by atoms with E-state index in [0.29, 0.717) is 19.0 Å². The minimum atomic E-state index is -6.23. The van der Waals surface area contributed by atoms with Crippen molar-refractivity contribution >= 4 is 42.0 Å². The molecule has 0 amide bonds. The van der Waals surface area contributed by atoms with Gasteiger partial charge in [0.1, 0.15) is 23.9 Å². The standard InChI is InChI=1S/C17H18F3NO7S3/c18-17(19,20)30(22,23)21-31(24,25)28-8-7-27-15-5-6-16(29-11-9-26-10-12-29)14-4-2-1-3-13(14)15/h1-6H,7-12H2. The molecule has 0 radical (unpaired) electrons. The quantitative estimate of drug-likeness (QED) is 0.404. The summed E-state index contributed by atoms with van der Waals surface area (Å²) in [6.45, 7) is 0.300. The van der Waals surface area contributed by atoms with Crippen molar-refractivity contribution in [3.05, 3.63) is 40.5 Å². The first-order valence-corrected chi connectivity index (χ1v) is 13.2.